The van der Waals surface area contributed by atoms with Crippen molar-refractivity contribution in [3.05, 3.63) is 70.8 Å². The molecule has 0 saturated carbocycles. The zero-order chi connectivity index (χ0) is 24.6. The molecule has 4 aromatic carbocycles. The fourth-order valence-electron chi connectivity index (χ4n) is 4.03. The predicted molar refractivity (Wildman–Crippen MR) is 135 cm³/mol. The van der Waals surface area contributed by atoms with Gasteiger partial charge in [-0.2, -0.15) is 0 Å². The Kier molecular flexibility index (Phi) is 6.63. The predicted octanol–water partition coefficient (Wildman–Crippen LogP) is 6.39. The van der Waals surface area contributed by atoms with E-state index in [0.29, 0.717) is 21.9 Å². The summed E-state index contributed by atoms with van der Waals surface area (Å²) in [4.78, 5) is 26.5. The summed E-state index contributed by atoms with van der Waals surface area (Å²) in [6, 6.07) is 14.6. The monoisotopic (exact) mass is 494 g/mol. The van der Waals surface area contributed by atoms with Crippen LogP contribution in [-0.4, -0.2) is 36.4 Å². The zero-order valence-electron chi connectivity index (χ0n) is 19.0. The van der Waals surface area contributed by atoms with Crippen LogP contribution < -0.4 is 0 Å². The van der Waals surface area contributed by atoms with Crippen LogP contribution in [0.5, 0.6) is 11.5 Å². The van der Waals surface area contributed by atoms with Crippen molar-refractivity contribution in [2.45, 2.75) is 23.6 Å². The van der Waals surface area contributed by atoms with Crippen LogP contribution in [-0.2, 0) is 9.47 Å². The van der Waals surface area contributed by atoms with E-state index in [1.165, 1.54) is 35.8 Å². The van der Waals surface area contributed by atoms with Gasteiger partial charge < -0.3 is 19.7 Å². The van der Waals surface area contributed by atoms with E-state index >= 15 is 0 Å². The number of rotatable bonds is 5. The van der Waals surface area contributed by atoms with Gasteiger partial charge in [-0.1, -0.05) is 70.1 Å². The van der Waals surface area contributed by atoms with Crippen LogP contribution in [0.3, 0.4) is 0 Å². The summed E-state index contributed by atoms with van der Waals surface area (Å²) in [5.41, 5.74) is 1.42. The van der Waals surface area contributed by atoms with E-state index < -0.39 is 11.9 Å². The third-order valence-electron chi connectivity index (χ3n) is 5.75. The Morgan fingerprint density at radius 1 is 0.647 bits per heavy atom. The number of fused-ring (bicyclic) bond motifs is 2. The average Bonchev–Trinajstić information content (AvgIpc) is 2.85. The van der Waals surface area contributed by atoms with E-state index in [-0.39, 0.29) is 22.6 Å². The maximum atomic E-state index is 12.5. The number of ether oxygens (including phenoxy) is 2. The Hall–Kier alpha value is -3.36. The maximum Gasteiger partial charge on any atom is 0.341 e. The highest BCUT2D eigenvalue weighted by atomic mass is 33.1. The average molecular weight is 495 g/mol. The van der Waals surface area contributed by atoms with Gasteiger partial charge in [0.15, 0.2) is 0 Å². The van der Waals surface area contributed by atoms with Gasteiger partial charge in [0.2, 0.25) is 0 Å². The number of carbonyl (C=O) groups excluding carboxylic acids is 2. The summed E-state index contributed by atoms with van der Waals surface area (Å²) >= 11 is 0. The molecular formula is C26H22O6S2. The van der Waals surface area contributed by atoms with E-state index in [0.717, 1.165) is 20.6 Å². The van der Waals surface area contributed by atoms with Gasteiger partial charge in [0.1, 0.15) is 22.6 Å². The van der Waals surface area contributed by atoms with Crippen molar-refractivity contribution in [2.24, 2.45) is 0 Å². The molecule has 0 spiro atoms. The molecule has 4 rings (SSSR count). The van der Waals surface area contributed by atoms with Crippen molar-refractivity contribution in [1.29, 1.82) is 0 Å². The van der Waals surface area contributed by atoms with E-state index in [2.05, 4.69) is 0 Å². The van der Waals surface area contributed by atoms with Crippen LogP contribution in [0.25, 0.3) is 21.5 Å². The van der Waals surface area contributed by atoms with Gasteiger partial charge in [-0.25, -0.2) is 9.59 Å². The Labute approximate surface area is 204 Å². The van der Waals surface area contributed by atoms with Crippen LogP contribution in [0.1, 0.15) is 31.8 Å². The molecule has 0 bridgehead atoms. The standard InChI is InChI=1S/C26H22O6S2/c1-13-19(25(29)31-3)21(27)15-9-5-7-11-17(15)23(13)33-34-24-14(2)20(26(30)32-4)22(28)16-10-6-8-12-18(16)24/h5-12,27-28H,1-4H3. The van der Waals surface area contributed by atoms with Gasteiger partial charge in [0, 0.05) is 31.3 Å². The summed E-state index contributed by atoms with van der Waals surface area (Å²) in [6.07, 6.45) is 0. The highest BCUT2D eigenvalue weighted by Gasteiger charge is 2.25. The van der Waals surface area contributed by atoms with Gasteiger partial charge in [-0.3, -0.25) is 0 Å². The van der Waals surface area contributed by atoms with Gasteiger partial charge in [0.25, 0.3) is 0 Å². The summed E-state index contributed by atoms with van der Waals surface area (Å²) in [6.45, 7) is 3.53. The van der Waals surface area contributed by atoms with Crippen molar-refractivity contribution in [1.82, 2.24) is 0 Å². The molecule has 0 aliphatic rings. The number of hydrogen-bond acceptors (Lipinski definition) is 8. The zero-order valence-corrected chi connectivity index (χ0v) is 20.6. The lowest BCUT2D eigenvalue weighted by Crippen LogP contribution is -2.06. The van der Waals surface area contributed by atoms with Crippen LogP contribution in [0, 0.1) is 13.8 Å². The number of hydrogen-bond donors (Lipinski definition) is 2. The quantitative estimate of drug-likeness (QED) is 0.243. The molecule has 0 aliphatic carbocycles. The minimum Gasteiger partial charge on any atom is -0.506 e. The molecule has 0 fully saturated rings. The number of carbonyl (C=O) groups is 2. The van der Waals surface area contributed by atoms with E-state index in [1.54, 1.807) is 38.1 Å². The fraction of sp³-hybridized carbons (Fsp3) is 0.154. The molecule has 0 radical (unpaired) electrons. The van der Waals surface area contributed by atoms with Crippen molar-refractivity contribution < 1.29 is 29.3 Å². The summed E-state index contributed by atoms with van der Waals surface area (Å²) in [7, 11) is 5.37. The van der Waals surface area contributed by atoms with Crippen LogP contribution >= 0.6 is 21.6 Å². The Morgan fingerprint density at radius 2 is 0.971 bits per heavy atom. The summed E-state index contributed by atoms with van der Waals surface area (Å²) in [5, 5.41) is 24.2. The number of methoxy groups -OCH3 is 2. The topological polar surface area (TPSA) is 93.1 Å². The molecular weight excluding hydrogens is 472 g/mol. The largest absolute Gasteiger partial charge is 0.506 e. The molecule has 2 N–H and O–H groups in total. The van der Waals surface area contributed by atoms with E-state index in [4.69, 9.17) is 9.47 Å². The lowest BCUT2D eigenvalue weighted by molar-refractivity contribution is 0.0587. The lowest BCUT2D eigenvalue weighted by atomic mass is 10.00. The van der Waals surface area contributed by atoms with Crippen LogP contribution in [0.4, 0.5) is 0 Å². The van der Waals surface area contributed by atoms with E-state index in [1.807, 2.05) is 24.3 Å². The SMILES string of the molecule is COC(=O)c1c(C)c(SSc2c(C)c(C(=O)OC)c(O)c3ccccc23)c2ccccc2c1O. The number of phenolic OH excluding ortho intramolecular Hbond substituents is 2. The van der Waals surface area contributed by atoms with Gasteiger partial charge in [-0.15, -0.1) is 0 Å². The molecule has 0 unspecified atom stereocenters. The summed E-state index contributed by atoms with van der Waals surface area (Å²) in [5.74, 6) is -1.47. The second-order valence-corrected chi connectivity index (χ2v) is 9.75. The number of esters is 2. The molecule has 0 heterocycles. The molecule has 0 atom stereocenters. The normalized spacial score (nSPS) is 11.1. The smallest absolute Gasteiger partial charge is 0.341 e. The van der Waals surface area contributed by atoms with Crippen LogP contribution in [0.2, 0.25) is 0 Å². The molecule has 0 aromatic heterocycles. The Bertz CT molecular complexity index is 1350. The second kappa shape index (κ2) is 9.48. The van der Waals surface area contributed by atoms with Crippen molar-refractivity contribution in [3.63, 3.8) is 0 Å². The van der Waals surface area contributed by atoms with E-state index in [9.17, 15) is 19.8 Å². The first-order chi connectivity index (χ1) is 16.3. The summed E-state index contributed by atoms with van der Waals surface area (Å²) < 4.78 is 9.83. The first kappa shape index (κ1) is 23.8. The highest BCUT2D eigenvalue weighted by molar-refractivity contribution is 8.76. The third-order valence-corrected chi connectivity index (χ3v) is 8.46. The molecule has 4 aromatic rings. The molecule has 0 aliphatic heterocycles. The number of benzene rings is 4. The van der Waals surface area contributed by atoms with Crippen molar-refractivity contribution >= 4 is 55.1 Å². The third kappa shape index (κ3) is 3.82. The van der Waals surface area contributed by atoms with Gasteiger partial charge in [-0.05, 0) is 25.0 Å². The maximum absolute atomic E-state index is 12.5. The minimum absolute atomic E-state index is 0.117. The van der Waals surface area contributed by atoms with Gasteiger partial charge in [0.05, 0.1) is 14.2 Å². The van der Waals surface area contributed by atoms with Crippen LogP contribution in [0.15, 0.2) is 58.3 Å². The molecule has 174 valence electrons. The first-order valence-electron chi connectivity index (χ1n) is 10.3. The molecule has 0 saturated heterocycles. The molecule has 8 heteroatoms. The molecule has 34 heavy (non-hydrogen) atoms. The molecule has 6 nitrogen and oxygen atoms in total. The number of aromatic hydroxyl groups is 2. The lowest BCUT2D eigenvalue weighted by Gasteiger charge is -2.18. The fourth-order valence-corrected chi connectivity index (χ4v) is 6.98. The highest BCUT2D eigenvalue weighted by Crippen LogP contribution is 2.50. The first-order valence-corrected chi connectivity index (χ1v) is 12.5. The Balaban J connectivity index is 1.91. The van der Waals surface area contributed by atoms with Crippen molar-refractivity contribution in [3.8, 4) is 11.5 Å². The van der Waals surface area contributed by atoms with Crippen molar-refractivity contribution in [2.75, 3.05) is 14.2 Å². The Morgan fingerprint density at radius 3 is 1.29 bits per heavy atom. The number of phenols is 2. The minimum atomic E-state index is -0.619. The second-order valence-electron chi connectivity index (χ2n) is 7.60. The van der Waals surface area contributed by atoms with Gasteiger partial charge >= 0.3 is 11.9 Å². The molecule has 0 amide bonds.